The van der Waals surface area contributed by atoms with Crippen LogP contribution in [0, 0.1) is 0 Å². The van der Waals surface area contributed by atoms with Crippen LogP contribution in [-0.2, 0) is 11.3 Å². The van der Waals surface area contributed by atoms with Gasteiger partial charge in [0.05, 0.1) is 11.2 Å². The summed E-state index contributed by atoms with van der Waals surface area (Å²) >= 11 is 4.29. The Balaban J connectivity index is 1.46. The van der Waals surface area contributed by atoms with Crippen molar-refractivity contribution in [3.63, 3.8) is 0 Å². The van der Waals surface area contributed by atoms with Crippen molar-refractivity contribution in [2.75, 3.05) is 18.1 Å². The predicted octanol–water partition coefficient (Wildman–Crippen LogP) is 4.57. The van der Waals surface area contributed by atoms with Crippen LogP contribution in [0.25, 0.3) is 0 Å². The minimum Gasteiger partial charge on any atom is -0.377 e. The normalized spacial score (nSPS) is 16.9. The van der Waals surface area contributed by atoms with E-state index in [1.54, 1.807) is 0 Å². The van der Waals surface area contributed by atoms with E-state index < -0.39 is 0 Å². The Morgan fingerprint density at radius 1 is 1.06 bits per heavy atom. The topological polar surface area (TPSA) is 9.23 Å². The van der Waals surface area contributed by atoms with Crippen molar-refractivity contribution < 1.29 is 4.74 Å². The maximum atomic E-state index is 5.70. The highest BCUT2D eigenvalue weighted by Crippen LogP contribution is 2.33. The molecule has 2 rings (SSSR count). The molecule has 18 heavy (non-hydrogen) atoms. The molecule has 1 nitrogen and oxygen atoms in total. The smallest absolute Gasteiger partial charge is 0.0716 e. The first-order valence-electron chi connectivity index (χ1n) is 6.80. The minimum atomic E-state index is 0.758. The van der Waals surface area contributed by atoms with Crippen LogP contribution in [0.15, 0.2) is 30.3 Å². The van der Waals surface area contributed by atoms with Crippen LogP contribution in [0.2, 0.25) is 0 Å². The summed E-state index contributed by atoms with van der Waals surface area (Å²) in [6, 6.07) is 10.4. The molecule has 0 radical (unpaired) electrons. The summed E-state index contributed by atoms with van der Waals surface area (Å²) in [5.41, 5.74) is 1.27. The van der Waals surface area contributed by atoms with E-state index >= 15 is 0 Å². The van der Waals surface area contributed by atoms with E-state index in [1.165, 1.54) is 42.8 Å². The predicted molar refractivity (Wildman–Crippen MR) is 83.3 cm³/mol. The Kier molecular flexibility index (Phi) is 7.06. The van der Waals surface area contributed by atoms with Crippen molar-refractivity contribution in [1.29, 1.82) is 0 Å². The lowest BCUT2D eigenvalue weighted by atomic mass is 10.2. The molecule has 0 atom stereocenters. The molecule has 1 heterocycles. The van der Waals surface area contributed by atoms with E-state index in [-0.39, 0.29) is 0 Å². The van der Waals surface area contributed by atoms with Gasteiger partial charge in [0.25, 0.3) is 0 Å². The number of rotatable bonds is 7. The van der Waals surface area contributed by atoms with Crippen LogP contribution in [0.4, 0.5) is 0 Å². The molecule has 1 saturated heterocycles. The molecule has 0 unspecified atom stereocenters. The molecular formula is C15H22OS2. The van der Waals surface area contributed by atoms with Crippen molar-refractivity contribution >= 4 is 23.5 Å². The molecule has 0 spiro atoms. The van der Waals surface area contributed by atoms with Gasteiger partial charge >= 0.3 is 0 Å². The summed E-state index contributed by atoms with van der Waals surface area (Å²) in [6.07, 6.45) is 5.25. The molecule has 1 aliphatic heterocycles. The van der Waals surface area contributed by atoms with Gasteiger partial charge in [0.15, 0.2) is 0 Å². The van der Waals surface area contributed by atoms with Crippen LogP contribution >= 0.6 is 23.5 Å². The van der Waals surface area contributed by atoms with Crippen molar-refractivity contribution in [2.45, 2.75) is 36.9 Å². The van der Waals surface area contributed by atoms with E-state index in [1.807, 2.05) is 6.07 Å². The number of thioether (sulfide) groups is 2. The van der Waals surface area contributed by atoms with Gasteiger partial charge in [0.2, 0.25) is 0 Å². The molecule has 0 aliphatic carbocycles. The number of unbranched alkanes of at least 4 members (excludes halogenated alkanes) is 1. The van der Waals surface area contributed by atoms with Gasteiger partial charge in [-0.1, -0.05) is 30.3 Å². The first-order chi connectivity index (χ1) is 8.95. The van der Waals surface area contributed by atoms with Crippen LogP contribution in [0.5, 0.6) is 0 Å². The molecule has 1 fully saturated rings. The monoisotopic (exact) mass is 282 g/mol. The molecule has 0 saturated carbocycles. The third-order valence-corrected chi connectivity index (χ3v) is 6.07. The van der Waals surface area contributed by atoms with Crippen molar-refractivity contribution in [3.05, 3.63) is 35.9 Å². The Bertz CT molecular complexity index is 310. The molecule has 0 aromatic heterocycles. The second kappa shape index (κ2) is 8.89. The first-order valence-corrected chi connectivity index (χ1v) is 8.90. The maximum Gasteiger partial charge on any atom is 0.0716 e. The highest BCUT2D eigenvalue weighted by molar-refractivity contribution is 8.17. The summed E-state index contributed by atoms with van der Waals surface area (Å²) in [6.45, 7) is 1.66. The van der Waals surface area contributed by atoms with E-state index in [9.17, 15) is 0 Å². The van der Waals surface area contributed by atoms with E-state index in [4.69, 9.17) is 4.74 Å². The van der Waals surface area contributed by atoms with Crippen molar-refractivity contribution in [1.82, 2.24) is 0 Å². The van der Waals surface area contributed by atoms with Crippen LogP contribution in [0.1, 0.15) is 31.2 Å². The van der Waals surface area contributed by atoms with Gasteiger partial charge in [-0.3, -0.25) is 0 Å². The molecule has 1 aromatic rings. The SMILES string of the molecule is c1ccc(COCCCCC2SCCCS2)cc1. The van der Waals surface area contributed by atoms with Gasteiger partial charge in [0, 0.05) is 6.61 Å². The minimum absolute atomic E-state index is 0.758. The first kappa shape index (κ1) is 14.3. The van der Waals surface area contributed by atoms with Crippen molar-refractivity contribution in [2.24, 2.45) is 0 Å². The highest BCUT2D eigenvalue weighted by atomic mass is 32.2. The van der Waals surface area contributed by atoms with Gasteiger partial charge in [-0.2, -0.15) is 0 Å². The van der Waals surface area contributed by atoms with Crippen LogP contribution < -0.4 is 0 Å². The molecule has 100 valence electrons. The summed E-state index contributed by atoms with van der Waals surface area (Å²) < 4.78 is 6.55. The maximum absolute atomic E-state index is 5.70. The van der Waals surface area contributed by atoms with Crippen molar-refractivity contribution in [3.8, 4) is 0 Å². The second-order valence-corrected chi connectivity index (χ2v) is 7.48. The molecule has 1 aliphatic rings. The third kappa shape index (κ3) is 5.68. The van der Waals surface area contributed by atoms with Crippen LogP contribution in [0.3, 0.4) is 0 Å². The lowest BCUT2D eigenvalue weighted by molar-refractivity contribution is 0.117. The molecule has 0 amide bonds. The zero-order valence-corrected chi connectivity index (χ0v) is 12.5. The number of hydrogen-bond donors (Lipinski definition) is 0. The fourth-order valence-electron chi connectivity index (χ4n) is 1.98. The molecule has 3 heteroatoms. The third-order valence-electron chi connectivity index (χ3n) is 2.99. The fraction of sp³-hybridized carbons (Fsp3) is 0.600. The molecule has 0 bridgehead atoms. The number of ether oxygens (including phenoxy) is 1. The molecular weight excluding hydrogens is 260 g/mol. The molecule has 0 N–H and O–H groups in total. The van der Waals surface area contributed by atoms with Gasteiger partial charge in [-0.25, -0.2) is 0 Å². The van der Waals surface area contributed by atoms with E-state index in [0.717, 1.165) is 17.8 Å². The van der Waals surface area contributed by atoms with Gasteiger partial charge in [0.1, 0.15) is 0 Å². The van der Waals surface area contributed by atoms with E-state index in [0.29, 0.717) is 0 Å². The average Bonchev–Trinajstić information content (AvgIpc) is 2.45. The lowest BCUT2D eigenvalue weighted by Crippen LogP contribution is -2.07. The second-order valence-electron chi connectivity index (χ2n) is 4.56. The summed E-state index contributed by atoms with van der Waals surface area (Å²) in [5, 5.41) is 0. The van der Waals surface area contributed by atoms with E-state index in [2.05, 4.69) is 47.8 Å². The summed E-state index contributed by atoms with van der Waals surface area (Å²) in [4.78, 5) is 0. The zero-order valence-electron chi connectivity index (χ0n) is 10.8. The standard InChI is InChI=1S/C15H22OS2/c1-2-7-14(8-3-1)13-16-10-5-4-9-15-17-11-6-12-18-15/h1-3,7-8,15H,4-6,9-13H2. The van der Waals surface area contributed by atoms with Gasteiger partial charge in [-0.15, -0.1) is 23.5 Å². The quantitative estimate of drug-likeness (QED) is 0.678. The van der Waals surface area contributed by atoms with Gasteiger partial charge < -0.3 is 4.74 Å². The number of hydrogen-bond acceptors (Lipinski definition) is 3. The Morgan fingerprint density at radius 3 is 2.61 bits per heavy atom. The Labute approximate surface area is 119 Å². The fourth-order valence-corrected chi connectivity index (χ4v) is 4.94. The lowest BCUT2D eigenvalue weighted by Gasteiger charge is -2.20. The zero-order chi connectivity index (χ0) is 12.5. The average molecular weight is 282 g/mol. The number of benzene rings is 1. The summed E-state index contributed by atoms with van der Waals surface area (Å²) in [5.74, 6) is 2.73. The Hall–Kier alpha value is -0.120. The van der Waals surface area contributed by atoms with Gasteiger partial charge in [-0.05, 0) is 42.8 Å². The summed E-state index contributed by atoms with van der Waals surface area (Å²) in [7, 11) is 0. The Morgan fingerprint density at radius 2 is 1.83 bits per heavy atom. The largest absolute Gasteiger partial charge is 0.377 e. The molecule has 1 aromatic carbocycles. The van der Waals surface area contributed by atoms with Crippen LogP contribution in [-0.4, -0.2) is 22.7 Å². The highest BCUT2D eigenvalue weighted by Gasteiger charge is 2.13.